The third-order valence-electron chi connectivity index (χ3n) is 3.52. The van der Waals surface area contributed by atoms with Crippen LogP contribution in [0.4, 0.5) is 0 Å². The van der Waals surface area contributed by atoms with Gasteiger partial charge in [-0.1, -0.05) is 42.8 Å². The van der Waals surface area contributed by atoms with Gasteiger partial charge in [0.2, 0.25) is 0 Å². The summed E-state index contributed by atoms with van der Waals surface area (Å²) >= 11 is 6.35. The second-order valence-corrected chi connectivity index (χ2v) is 5.32. The first kappa shape index (κ1) is 14.2. The number of ether oxygens (including phenoxy) is 2. The molecular weight excluding hydrogens is 286 g/mol. The summed E-state index contributed by atoms with van der Waals surface area (Å²) in [6.45, 7) is 4.13. The molecule has 1 heterocycles. The van der Waals surface area contributed by atoms with Gasteiger partial charge in [-0.3, -0.25) is 0 Å². The van der Waals surface area contributed by atoms with Crippen molar-refractivity contribution in [2.45, 2.75) is 13.0 Å². The van der Waals surface area contributed by atoms with Gasteiger partial charge in [-0.2, -0.15) is 0 Å². The van der Waals surface area contributed by atoms with Gasteiger partial charge in [-0.15, -0.1) is 0 Å². The first-order valence-corrected chi connectivity index (χ1v) is 7.54. The van der Waals surface area contributed by atoms with Crippen LogP contribution in [0.25, 0.3) is 0 Å². The fourth-order valence-corrected chi connectivity index (χ4v) is 2.81. The van der Waals surface area contributed by atoms with Crippen LogP contribution in [0.5, 0.6) is 11.5 Å². The predicted molar refractivity (Wildman–Crippen MR) is 84.4 cm³/mol. The van der Waals surface area contributed by atoms with E-state index in [1.54, 1.807) is 0 Å². The Morgan fingerprint density at radius 3 is 2.62 bits per heavy atom. The minimum atomic E-state index is 0.0412. The van der Waals surface area contributed by atoms with Crippen LogP contribution in [-0.2, 0) is 0 Å². The van der Waals surface area contributed by atoms with Crippen molar-refractivity contribution in [3.8, 4) is 11.5 Å². The van der Waals surface area contributed by atoms with Crippen LogP contribution in [0.3, 0.4) is 0 Å². The van der Waals surface area contributed by atoms with E-state index in [2.05, 4.69) is 18.3 Å². The molecule has 0 aromatic heterocycles. The molecular formula is C17H18ClNO2. The molecule has 2 aromatic rings. The molecule has 0 spiro atoms. The van der Waals surface area contributed by atoms with Gasteiger partial charge in [0.25, 0.3) is 0 Å². The van der Waals surface area contributed by atoms with Gasteiger partial charge >= 0.3 is 0 Å². The monoisotopic (exact) mass is 303 g/mol. The van der Waals surface area contributed by atoms with E-state index in [4.69, 9.17) is 21.1 Å². The van der Waals surface area contributed by atoms with Crippen molar-refractivity contribution in [2.24, 2.45) is 0 Å². The fourth-order valence-electron chi connectivity index (χ4n) is 2.56. The van der Waals surface area contributed by atoms with E-state index in [9.17, 15) is 0 Å². The minimum absolute atomic E-state index is 0.0412. The van der Waals surface area contributed by atoms with E-state index < -0.39 is 0 Å². The molecule has 4 heteroatoms. The van der Waals surface area contributed by atoms with Gasteiger partial charge in [0, 0.05) is 5.02 Å². The van der Waals surface area contributed by atoms with Crippen molar-refractivity contribution < 1.29 is 9.47 Å². The molecule has 2 aromatic carbocycles. The Kier molecular flexibility index (Phi) is 4.32. The molecule has 0 fully saturated rings. The maximum absolute atomic E-state index is 6.35. The molecule has 3 rings (SSSR count). The zero-order chi connectivity index (χ0) is 14.7. The summed E-state index contributed by atoms with van der Waals surface area (Å²) in [6, 6.07) is 14.0. The Bertz CT molecular complexity index is 630. The van der Waals surface area contributed by atoms with Crippen molar-refractivity contribution in [2.75, 3.05) is 19.8 Å². The third-order valence-corrected chi connectivity index (χ3v) is 3.87. The van der Waals surface area contributed by atoms with Gasteiger partial charge in [0.15, 0.2) is 11.5 Å². The lowest BCUT2D eigenvalue weighted by molar-refractivity contribution is 0.171. The van der Waals surface area contributed by atoms with Crippen molar-refractivity contribution >= 4 is 11.6 Å². The first-order valence-electron chi connectivity index (χ1n) is 7.17. The van der Waals surface area contributed by atoms with Gasteiger partial charge in [0.05, 0.1) is 6.04 Å². The van der Waals surface area contributed by atoms with E-state index in [1.807, 2.05) is 36.4 Å². The normalized spacial score (nSPS) is 14.8. The van der Waals surface area contributed by atoms with Crippen LogP contribution >= 0.6 is 11.6 Å². The van der Waals surface area contributed by atoms with Crippen LogP contribution in [0.2, 0.25) is 5.02 Å². The van der Waals surface area contributed by atoms with Gasteiger partial charge < -0.3 is 14.8 Å². The number of fused-ring (bicyclic) bond motifs is 1. The largest absolute Gasteiger partial charge is 0.486 e. The average Bonchev–Trinajstić information content (AvgIpc) is 2.53. The number of hydrogen-bond acceptors (Lipinski definition) is 3. The van der Waals surface area contributed by atoms with E-state index >= 15 is 0 Å². The van der Waals surface area contributed by atoms with Crippen LogP contribution in [0.1, 0.15) is 24.1 Å². The lowest BCUT2D eigenvalue weighted by Gasteiger charge is -2.23. The molecule has 0 radical (unpaired) electrons. The maximum Gasteiger partial charge on any atom is 0.161 e. The van der Waals surface area contributed by atoms with Gasteiger partial charge in [0.1, 0.15) is 13.2 Å². The second-order valence-electron chi connectivity index (χ2n) is 4.92. The SMILES string of the molecule is CCNC(c1ccc2c(c1)OCCO2)c1ccccc1Cl. The van der Waals surface area contributed by atoms with Crippen molar-refractivity contribution in [3.05, 3.63) is 58.6 Å². The highest BCUT2D eigenvalue weighted by molar-refractivity contribution is 6.31. The Morgan fingerprint density at radius 1 is 1.10 bits per heavy atom. The summed E-state index contributed by atoms with van der Waals surface area (Å²) in [7, 11) is 0. The summed E-state index contributed by atoms with van der Waals surface area (Å²) in [5.41, 5.74) is 2.19. The maximum atomic E-state index is 6.35. The van der Waals surface area contributed by atoms with Crippen molar-refractivity contribution in [1.29, 1.82) is 0 Å². The number of rotatable bonds is 4. The van der Waals surface area contributed by atoms with Crippen LogP contribution < -0.4 is 14.8 Å². The molecule has 21 heavy (non-hydrogen) atoms. The molecule has 110 valence electrons. The van der Waals surface area contributed by atoms with Crippen LogP contribution in [0, 0.1) is 0 Å². The molecule has 1 atom stereocenters. The number of halogens is 1. The van der Waals surface area contributed by atoms with E-state index in [0.29, 0.717) is 13.2 Å². The number of hydrogen-bond donors (Lipinski definition) is 1. The zero-order valence-corrected chi connectivity index (χ0v) is 12.7. The summed E-state index contributed by atoms with van der Waals surface area (Å²) in [5, 5.41) is 4.24. The second kappa shape index (κ2) is 6.37. The van der Waals surface area contributed by atoms with Crippen LogP contribution in [-0.4, -0.2) is 19.8 Å². The quantitative estimate of drug-likeness (QED) is 0.931. The zero-order valence-electron chi connectivity index (χ0n) is 11.9. The average molecular weight is 304 g/mol. The van der Waals surface area contributed by atoms with E-state index in [-0.39, 0.29) is 6.04 Å². The highest BCUT2D eigenvalue weighted by Crippen LogP contribution is 2.35. The lowest BCUT2D eigenvalue weighted by Crippen LogP contribution is -2.23. The topological polar surface area (TPSA) is 30.5 Å². The molecule has 1 N–H and O–H groups in total. The third kappa shape index (κ3) is 2.99. The van der Waals surface area contributed by atoms with E-state index in [0.717, 1.165) is 34.2 Å². The van der Waals surface area contributed by atoms with Crippen molar-refractivity contribution in [1.82, 2.24) is 5.32 Å². The predicted octanol–water partition coefficient (Wildman–Crippen LogP) is 3.81. The molecule has 0 saturated heterocycles. The lowest BCUT2D eigenvalue weighted by atomic mass is 9.98. The molecule has 0 amide bonds. The Balaban J connectivity index is 1.99. The van der Waals surface area contributed by atoms with Gasteiger partial charge in [-0.25, -0.2) is 0 Å². The molecule has 0 bridgehead atoms. The van der Waals surface area contributed by atoms with Gasteiger partial charge in [-0.05, 0) is 35.9 Å². The minimum Gasteiger partial charge on any atom is -0.486 e. The summed E-state index contributed by atoms with van der Waals surface area (Å²) < 4.78 is 11.2. The molecule has 0 saturated carbocycles. The number of benzene rings is 2. The number of nitrogens with one attached hydrogen (secondary N) is 1. The standard InChI is InChI=1S/C17H18ClNO2/c1-2-19-17(13-5-3-4-6-14(13)18)12-7-8-15-16(11-12)21-10-9-20-15/h3-8,11,17,19H,2,9-10H2,1H3. The Morgan fingerprint density at radius 2 is 1.86 bits per heavy atom. The summed E-state index contributed by atoms with van der Waals surface area (Å²) in [4.78, 5) is 0. The summed E-state index contributed by atoms with van der Waals surface area (Å²) in [5.74, 6) is 1.60. The molecule has 1 unspecified atom stereocenters. The highest BCUT2D eigenvalue weighted by atomic mass is 35.5. The van der Waals surface area contributed by atoms with Crippen molar-refractivity contribution in [3.63, 3.8) is 0 Å². The molecule has 0 aliphatic carbocycles. The smallest absolute Gasteiger partial charge is 0.161 e. The Hall–Kier alpha value is -1.71. The Labute approximate surface area is 129 Å². The molecule has 1 aliphatic rings. The summed E-state index contributed by atoms with van der Waals surface area (Å²) in [6.07, 6.45) is 0. The molecule has 3 nitrogen and oxygen atoms in total. The fraction of sp³-hybridized carbons (Fsp3) is 0.294. The first-order chi connectivity index (χ1) is 10.3. The van der Waals surface area contributed by atoms with Crippen LogP contribution in [0.15, 0.2) is 42.5 Å². The highest BCUT2D eigenvalue weighted by Gasteiger charge is 2.19. The van der Waals surface area contributed by atoms with E-state index in [1.165, 1.54) is 0 Å². The molecule has 1 aliphatic heterocycles.